The Labute approximate surface area is 250 Å². The molecule has 226 valence electrons. The first-order valence-electron chi connectivity index (χ1n) is 13.9. The van der Waals surface area contributed by atoms with Gasteiger partial charge in [-0.15, -0.1) is 0 Å². The summed E-state index contributed by atoms with van der Waals surface area (Å²) in [6, 6.07) is 23.3. The molecule has 3 N–H and O–H groups in total. The summed E-state index contributed by atoms with van der Waals surface area (Å²) in [6.45, 7) is -0.332. The number of fused-ring (bicyclic) bond motifs is 1. The molecule has 1 aromatic heterocycles. The fraction of sp³-hybridized carbons (Fsp3) is 0.290. The Morgan fingerprint density at radius 2 is 1.81 bits per heavy atom. The van der Waals surface area contributed by atoms with Gasteiger partial charge in [0, 0.05) is 25.4 Å². The van der Waals surface area contributed by atoms with Crippen molar-refractivity contribution >= 4 is 27.0 Å². The van der Waals surface area contributed by atoms with Crippen LogP contribution < -0.4 is 10.1 Å². The SMILES string of the molecule is COc1ccc(S(=O)(=O)N(CCO)CCOC2CC(c3ccccc3)C=C(C(=O)NCc3nc4ccccc4[nH]3)O2)cc1. The number of hydrogen-bond acceptors (Lipinski definition) is 8. The zero-order valence-electron chi connectivity index (χ0n) is 23.7. The van der Waals surface area contributed by atoms with Crippen LogP contribution in [0.25, 0.3) is 11.0 Å². The van der Waals surface area contributed by atoms with Crippen LogP contribution in [-0.2, 0) is 30.8 Å². The van der Waals surface area contributed by atoms with Gasteiger partial charge in [0.05, 0.1) is 42.8 Å². The number of benzene rings is 3. The molecule has 4 aromatic rings. The van der Waals surface area contributed by atoms with Crippen molar-refractivity contribution < 1.29 is 32.5 Å². The minimum atomic E-state index is -3.90. The molecular formula is C31H34N4O7S. The maximum Gasteiger partial charge on any atom is 0.286 e. The lowest BCUT2D eigenvalue weighted by molar-refractivity contribution is -0.146. The Kier molecular flexibility index (Phi) is 9.72. The number of nitrogens with one attached hydrogen (secondary N) is 2. The van der Waals surface area contributed by atoms with Crippen LogP contribution in [0.4, 0.5) is 0 Å². The number of aromatic nitrogens is 2. The second-order valence-electron chi connectivity index (χ2n) is 9.89. The Hall–Kier alpha value is -4.23. The zero-order valence-corrected chi connectivity index (χ0v) is 24.5. The van der Waals surface area contributed by atoms with E-state index in [2.05, 4.69) is 15.3 Å². The summed E-state index contributed by atoms with van der Waals surface area (Å²) in [5.41, 5.74) is 2.68. The number of aliphatic hydroxyl groups excluding tert-OH is 1. The van der Waals surface area contributed by atoms with Gasteiger partial charge in [0.1, 0.15) is 11.6 Å². The highest BCUT2D eigenvalue weighted by Gasteiger charge is 2.30. The number of amides is 1. The molecule has 1 aliphatic rings. The molecule has 3 aromatic carbocycles. The number of hydrogen-bond donors (Lipinski definition) is 3. The Bertz CT molecular complexity index is 1620. The van der Waals surface area contributed by atoms with E-state index in [1.54, 1.807) is 18.2 Å². The molecule has 0 spiro atoms. The highest BCUT2D eigenvalue weighted by molar-refractivity contribution is 7.89. The zero-order chi connectivity index (χ0) is 30.2. The van der Waals surface area contributed by atoms with Crippen molar-refractivity contribution in [1.29, 1.82) is 0 Å². The standard InChI is InChI=1S/C31H34N4O7S/c1-40-24-11-13-25(14-12-24)43(38,39)35(15-17-36)16-18-41-30-20-23(22-7-3-2-4-8-22)19-28(42-30)31(37)32-21-29-33-26-9-5-6-10-27(26)34-29/h2-14,19,23,30,36H,15-18,20-21H2,1H3,(H,32,37)(H,33,34). The van der Waals surface area contributed by atoms with E-state index in [1.807, 2.05) is 54.6 Å². The number of methoxy groups -OCH3 is 1. The molecule has 0 fully saturated rings. The van der Waals surface area contributed by atoms with Crippen LogP contribution in [-0.4, -0.2) is 73.4 Å². The van der Waals surface area contributed by atoms with Gasteiger partial charge < -0.3 is 29.6 Å². The van der Waals surface area contributed by atoms with Crippen molar-refractivity contribution in [3.63, 3.8) is 0 Å². The molecule has 0 saturated heterocycles. The lowest BCUT2D eigenvalue weighted by atomic mass is 9.93. The maximum absolute atomic E-state index is 13.2. The number of allylic oxidation sites excluding steroid dienone is 1. The number of nitrogens with zero attached hydrogens (tertiary/aromatic N) is 2. The number of carbonyl (C=O) groups excluding carboxylic acids is 1. The van der Waals surface area contributed by atoms with Crippen molar-refractivity contribution in [2.24, 2.45) is 0 Å². The largest absolute Gasteiger partial charge is 0.497 e. The van der Waals surface area contributed by atoms with E-state index in [4.69, 9.17) is 14.2 Å². The summed E-state index contributed by atoms with van der Waals surface area (Å²) in [7, 11) is -2.40. The number of ether oxygens (including phenoxy) is 3. The van der Waals surface area contributed by atoms with E-state index in [0.29, 0.717) is 18.0 Å². The molecule has 2 heterocycles. The number of rotatable bonds is 13. The molecule has 12 heteroatoms. The van der Waals surface area contributed by atoms with Crippen LogP contribution in [0.15, 0.2) is 95.6 Å². The first kappa shape index (κ1) is 30.2. The van der Waals surface area contributed by atoms with Gasteiger partial charge in [0.15, 0.2) is 5.76 Å². The number of carbonyl (C=O) groups is 1. The second kappa shape index (κ2) is 13.8. The quantitative estimate of drug-likeness (QED) is 0.210. The van der Waals surface area contributed by atoms with Crippen LogP contribution >= 0.6 is 0 Å². The second-order valence-corrected chi connectivity index (χ2v) is 11.8. The van der Waals surface area contributed by atoms with Crippen LogP contribution in [0, 0.1) is 0 Å². The number of imidazole rings is 1. The van der Waals surface area contributed by atoms with Crippen LogP contribution in [0.5, 0.6) is 5.75 Å². The molecule has 0 saturated carbocycles. The molecule has 2 atom stereocenters. The van der Waals surface area contributed by atoms with E-state index in [-0.39, 0.29) is 49.4 Å². The van der Waals surface area contributed by atoms with E-state index in [0.717, 1.165) is 20.9 Å². The molecule has 11 nitrogen and oxygen atoms in total. The number of aliphatic hydroxyl groups is 1. The van der Waals surface area contributed by atoms with Gasteiger partial charge in [-0.3, -0.25) is 4.79 Å². The first-order valence-corrected chi connectivity index (χ1v) is 15.3. The monoisotopic (exact) mass is 606 g/mol. The van der Waals surface area contributed by atoms with Crippen molar-refractivity contribution in [3.8, 4) is 5.75 Å². The average molecular weight is 607 g/mol. The molecular weight excluding hydrogens is 572 g/mol. The molecule has 1 aliphatic heterocycles. The summed E-state index contributed by atoms with van der Waals surface area (Å²) < 4.78 is 44.7. The summed E-state index contributed by atoms with van der Waals surface area (Å²) >= 11 is 0. The van der Waals surface area contributed by atoms with Gasteiger partial charge in [0.2, 0.25) is 16.3 Å². The highest BCUT2D eigenvalue weighted by atomic mass is 32.2. The third-order valence-electron chi connectivity index (χ3n) is 7.05. The summed E-state index contributed by atoms with van der Waals surface area (Å²) in [5.74, 6) is 0.672. The first-order chi connectivity index (χ1) is 20.9. The highest BCUT2D eigenvalue weighted by Crippen LogP contribution is 2.31. The topological polar surface area (TPSA) is 143 Å². The average Bonchev–Trinajstić information content (AvgIpc) is 3.46. The summed E-state index contributed by atoms with van der Waals surface area (Å²) in [6.07, 6.45) is 1.40. The van der Waals surface area contributed by atoms with E-state index >= 15 is 0 Å². The molecule has 1 amide bonds. The van der Waals surface area contributed by atoms with Crippen molar-refractivity contribution in [2.75, 3.05) is 33.4 Å². The van der Waals surface area contributed by atoms with Gasteiger partial charge >= 0.3 is 0 Å². The molecule has 0 aliphatic carbocycles. The lowest BCUT2D eigenvalue weighted by Gasteiger charge is -2.30. The predicted molar refractivity (Wildman–Crippen MR) is 159 cm³/mol. The Balaban J connectivity index is 1.25. The molecule has 5 rings (SSSR count). The predicted octanol–water partition coefficient (Wildman–Crippen LogP) is 3.30. The van der Waals surface area contributed by atoms with Crippen molar-refractivity contribution in [1.82, 2.24) is 19.6 Å². The van der Waals surface area contributed by atoms with E-state index < -0.39 is 22.2 Å². The number of para-hydroxylation sites is 2. The fourth-order valence-corrected chi connectivity index (χ4v) is 6.25. The van der Waals surface area contributed by atoms with Gasteiger partial charge in [-0.05, 0) is 48.0 Å². The number of sulfonamides is 1. The van der Waals surface area contributed by atoms with Crippen molar-refractivity contribution in [3.05, 3.63) is 102 Å². The smallest absolute Gasteiger partial charge is 0.286 e. The third-order valence-corrected chi connectivity index (χ3v) is 8.97. The van der Waals surface area contributed by atoms with E-state index in [1.165, 1.54) is 19.2 Å². The molecule has 0 bridgehead atoms. The van der Waals surface area contributed by atoms with Gasteiger partial charge in [-0.2, -0.15) is 4.31 Å². The minimum Gasteiger partial charge on any atom is -0.497 e. The fourth-order valence-electron chi connectivity index (χ4n) is 4.84. The Morgan fingerprint density at radius 3 is 2.53 bits per heavy atom. The van der Waals surface area contributed by atoms with Crippen LogP contribution in [0.3, 0.4) is 0 Å². The van der Waals surface area contributed by atoms with Gasteiger partial charge in [-0.25, -0.2) is 13.4 Å². The van der Waals surface area contributed by atoms with Crippen LogP contribution in [0.2, 0.25) is 0 Å². The minimum absolute atomic E-state index is 0.0184. The summed E-state index contributed by atoms with van der Waals surface area (Å²) in [5, 5.41) is 12.4. The molecule has 43 heavy (non-hydrogen) atoms. The number of H-pyrrole nitrogens is 1. The maximum atomic E-state index is 13.2. The third kappa shape index (κ3) is 7.41. The van der Waals surface area contributed by atoms with Crippen molar-refractivity contribution in [2.45, 2.75) is 30.1 Å². The van der Waals surface area contributed by atoms with E-state index in [9.17, 15) is 18.3 Å². The summed E-state index contributed by atoms with van der Waals surface area (Å²) in [4.78, 5) is 20.9. The number of aromatic amines is 1. The van der Waals surface area contributed by atoms with Gasteiger partial charge in [-0.1, -0.05) is 42.5 Å². The normalized spacial score (nSPS) is 17.0. The lowest BCUT2D eigenvalue weighted by Crippen LogP contribution is -2.38. The molecule has 0 radical (unpaired) electrons. The van der Waals surface area contributed by atoms with Gasteiger partial charge in [0.25, 0.3) is 5.91 Å². The molecule has 2 unspecified atom stereocenters. The van der Waals surface area contributed by atoms with Crippen LogP contribution in [0.1, 0.15) is 23.7 Å². The Morgan fingerprint density at radius 1 is 1.07 bits per heavy atom.